The summed E-state index contributed by atoms with van der Waals surface area (Å²) >= 11 is 1.60. The minimum absolute atomic E-state index is 0. The highest BCUT2D eigenvalue weighted by Crippen LogP contribution is 2.30. The molecule has 4 rings (SSSR count). The number of ether oxygens (including phenoxy) is 1. The number of thiazole rings is 1. The van der Waals surface area contributed by atoms with E-state index in [4.69, 9.17) is 4.74 Å². The van der Waals surface area contributed by atoms with Gasteiger partial charge in [-0.3, -0.25) is 9.39 Å². The van der Waals surface area contributed by atoms with Crippen LogP contribution in [-0.2, 0) is 6.54 Å². The number of benzene rings is 1. The Hall–Kier alpha value is -1.88. The van der Waals surface area contributed by atoms with E-state index in [-0.39, 0.29) is 35.8 Å². The molecule has 29 heavy (non-hydrogen) atoms. The molecule has 156 valence electrons. The van der Waals surface area contributed by atoms with Crippen LogP contribution in [0.3, 0.4) is 0 Å². The first kappa shape index (κ1) is 21.8. The fourth-order valence-electron chi connectivity index (χ4n) is 2.91. The van der Waals surface area contributed by atoms with Crippen LogP contribution >= 0.6 is 35.3 Å². The number of hydrogen-bond acceptors (Lipinski definition) is 4. The summed E-state index contributed by atoms with van der Waals surface area (Å²) < 4.78 is 21.9. The van der Waals surface area contributed by atoms with Crippen LogP contribution in [0.4, 0.5) is 4.39 Å². The second-order valence-electron chi connectivity index (χ2n) is 7.06. The van der Waals surface area contributed by atoms with E-state index in [0.717, 1.165) is 16.2 Å². The Morgan fingerprint density at radius 1 is 1.45 bits per heavy atom. The number of rotatable bonds is 7. The van der Waals surface area contributed by atoms with Gasteiger partial charge in [0.15, 0.2) is 22.5 Å². The molecule has 2 N–H and O–H groups in total. The smallest absolute Gasteiger partial charge is 0.193 e. The van der Waals surface area contributed by atoms with Crippen LogP contribution in [0.25, 0.3) is 4.96 Å². The highest BCUT2D eigenvalue weighted by atomic mass is 127. The summed E-state index contributed by atoms with van der Waals surface area (Å²) in [5, 5.41) is 8.54. The van der Waals surface area contributed by atoms with Crippen molar-refractivity contribution in [3.63, 3.8) is 0 Å². The van der Waals surface area contributed by atoms with E-state index in [1.165, 1.54) is 18.9 Å². The molecule has 0 radical (unpaired) electrons. The molecule has 1 aromatic carbocycles. The van der Waals surface area contributed by atoms with Crippen LogP contribution in [0.5, 0.6) is 5.75 Å². The lowest BCUT2D eigenvalue weighted by atomic mass is 10.1. The van der Waals surface area contributed by atoms with E-state index in [9.17, 15) is 4.39 Å². The lowest BCUT2D eigenvalue weighted by Gasteiger charge is -2.18. The Morgan fingerprint density at radius 3 is 2.97 bits per heavy atom. The topological polar surface area (TPSA) is 63.0 Å². The molecule has 1 aliphatic carbocycles. The van der Waals surface area contributed by atoms with E-state index in [2.05, 4.69) is 20.6 Å². The quantitative estimate of drug-likeness (QED) is 0.271. The number of fused-ring (bicyclic) bond motifs is 1. The average Bonchev–Trinajstić information content (AvgIpc) is 3.28. The van der Waals surface area contributed by atoms with Crippen LogP contribution in [-0.4, -0.2) is 29.0 Å². The fraction of sp³-hybridized carbons (Fsp3) is 0.400. The van der Waals surface area contributed by atoms with Gasteiger partial charge in [0.2, 0.25) is 0 Å². The Kier molecular flexibility index (Phi) is 7.33. The number of aromatic nitrogens is 2. The molecule has 1 fully saturated rings. The van der Waals surface area contributed by atoms with Crippen molar-refractivity contribution in [3.8, 4) is 5.75 Å². The first-order valence-electron chi connectivity index (χ1n) is 9.43. The molecule has 0 aliphatic heterocycles. The normalized spacial score (nSPS) is 15.1. The van der Waals surface area contributed by atoms with Crippen LogP contribution < -0.4 is 15.4 Å². The lowest BCUT2D eigenvalue weighted by Crippen LogP contribution is -2.38. The molecule has 0 saturated heterocycles. The third-order valence-electron chi connectivity index (χ3n) is 4.78. The zero-order chi connectivity index (χ0) is 19.5. The number of guanidine groups is 1. The maximum atomic E-state index is 14.3. The number of imidazole rings is 1. The third-order valence-corrected chi connectivity index (χ3v) is 5.56. The summed E-state index contributed by atoms with van der Waals surface area (Å²) in [6.07, 6.45) is 6.34. The van der Waals surface area contributed by atoms with Gasteiger partial charge in [0, 0.05) is 24.8 Å². The summed E-state index contributed by atoms with van der Waals surface area (Å²) in [5.74, 6) is 1.23. The summed E-state index contributed by atoms with van der Waals surface area (Å²) in [6, 6.07) is 5.01. The Morgan fingerprint density at radius 2 is 2.28 bits per heavy atom. The van der Waals surface area contributed by atoms with Crippen molar-refractivity contribution in [2.45, 2.75) is 32.4 Å². The number of nitrogens with zero attached hydrogens (tertiary/aromatic N) is 3. The van der Waals surface area contributed by atoms with Gasteiger partial charge in [0.1, 0.15) is 0 Å². The van der Waals surface area contributed by atoms with Gasteiger partial charge in [-0.1, -0.05) is 6.07 Å². The molecule has 0 amide bonds. The summed E-state index contributed by atoms with van der Waals surface area (Å²) in [7, 11) is 1.71. The first-order chi connectivity index (χ1) is 13.6. The van der Waals surface area contributed by atoms with E-state index in [1.54, 1.807) is 24.5 Å². The molecule has 6 nitrogen and oxygen atoms in total. The number of halogens is 2. The van der Waals surface area contributed by atoms with Crippen LogP contribution in [0.2, 0.25) is 0 Å². The molecule has 3 aromatic rings. The lowest BCUT2D eigenvalue weighted by molar-refractivity contribution is 0.285. The number of aliphatic imine (C=N–C) groups is 1. The van der Waals surface area contributed by atoms with Crippen molar-refractivity contribution in [1.82, 2.24) is 20.0 Å². The van der Waals surface area contributed by atoms with Crippen molar-refractivity contribution in [2.75, 3.05) is 13.7 Å². The van der Waals surface area contributed by atoms with Gasteiger partial charge in [-0.2, -0.15) is 0 Å². The third kappa shape index (κ3) is 5.59. The summed E-state index contributed by atoms with van der Waals surface area (Å²) in [5.41, 5.74) is 1.77. The molecule has 1 unspecified atom stereocenters. The van der Waals surface area contributed by atoms with E-state index in [0.29, 0.717) is 30.8 Å². The van der Waals surface area contributed by atoms with Gasteiger partial charge < -0.3 is 15.4 Å². The molecular weight excluding hydrogens is 504 g/mol. The minimum Gasteiger partial charge on any atom is -0.490 e. The number of nitrogens with one attached hydrogen (secondary N) is 2. The van der Waals surface area contributed by atoms with E-state index in [1.807, 2.05) is 35.2 Å². The summed E-state index contributed by atoms with van der Waals surface area (Å²) in [6.45, 7) is 3.13. The Bertz CT molecular complexity index is 956. The second kappa shape index (κ2) is 9.75. The van der Waals surface area contributed by atoms with E-state index >= 15 is 0 Å². The highest BCUT2D eigenvalue weighted by molar-refractivity contribution is 14.0. The maximum Gasteiger partial charge on any atom is 0.193 e. The Balaban J connectivity index is 0.00000240. The monoisotopic (exact) mass is 529 g/mol. The predicted octanol–water partition coefficient (Wildman–Crippen LogP) is 4.37. The van der Waals surface area contributed by atoms with Crippen LogP contribution in [0.15, 0.2) is 41.0 Å². The summed E-state index contributed by atoms with van der Waals surface area (Å²) in [4.78, 5) is 9.76. The standard InChI is InChI=1S/C20H24FN5OS.HI/c1-13(15-5-6-18(17(21)9-15)27-12-14-3-4-14)24-19(22-2)23-10-16-11-26-7-8-28-20(26)25-16;/h5-9,11,13-14H,3-4,10,12H2,1-2H3,(H2,22,23,24);1H. The van der Waals surface area contributed by atoms with Crippen molar-refractivity contribution in [3.05, 3.63) is 53.0 Å². The molecule has 2 heterocycles. The van der Waals surface area contributed by atoms with Crippen molar-refractivity contribution in [2.24, 2.45) is 10.9 Å². The average molecular weight is 529 g/mol. The van der Waals surface area contributed by atoms with Gasteiger partial charge >= 0.3 is 0 Å². The molecule has 9 heteroatoms. The van der Waals surface area contributed by atoms with Gasteiger partial charge in [0.05, 0.1) is 24.9 Å². The molecule has 0 spiro atoms. The van der Waals surface area contributed by atoms with E-state index < -0.39 is 0 Å². The second-order valence-corrected chi connectivity index (χ2v) is 7.93. The highest BCUT2D eigenvalue weighted by Gasteiger charge is 2.22. The van der Waals surface area contributed by atoms with Crippen molar-refractivity contribution < 1.29 is 9.13 Å². The van der Waals surface area contributed by atoms with Crippen LogP contribution in [0, 0.1) is 11.7 Å². The van der Waals surface area contributed by atoms with Gasteiger partial charge in [-0.25, -0.2) is 9.37 Å². The Labute approximate surface area is 190 Å². The number of hydrogen-bond donors (Lipinski definition) is 2. The molecule has 0 bridgehead atoms. The van der Waals surface area contributed by atoms with Gasteiger partial charge in [0.25, 0.3) is 0 Å². The van der Waals surface area contributed by atoms with Crippen molar-refractivity contribution >= 4 is 46.2 Å². The molecular formula is C20H25FIN5OS. The SMILES string of the molecule is CN=C(NCc1cn2ccsc2n1)NC(C)c1ccc(OCC2CC2)c(F)c1.I. The molecule has 2 aromatic heterocycles. The first-order valence-corrected chi connectivity index (χ1v) is 10.3. The van der Waals surface area contributed by atoms with Gasteiger partial charge in [-0.05, 0) is 43.4 Å². The zero-order valence-corrected chi connectivity index (χ0v) is 19.5. The predicted molar refractivity (Wildman–Crippen MR) is 125 cm³/mol. The zero-order valence-electron chi connectivity index (χ0n) is 16.4. The van der Waals surface area contributed by atoms with Crippen molar-refractivity contribution in [1.29, 1.82) is 0 Å². The minimum atomic E-state index is -0.326. The molecule has 1 atom stereocenters. The van der Waals surface area contributed by atoms with Crippen LogP contribution in [0.1, 0.15) is 37.1 Å². The van der Waals surface area contributed by atoms with Gasteiger partial charge in [-0.15, -0.1) is 35.3 Å². The largest absolute Gasteiger partial charge is 0.490 e. The maximum absolute atomic E-state index is 14.3. The molecule has 1 saturated carbocycles. The molecule has 1 aliphatic rings. The fourth-order valence-corrected chi connectivity index (χ4v) is 3.63.